The Morgan fingerprint density at radius 2 is 1.89 bits per heavy atom. The van der Waals surface area contributed by atoms with Gasteiger partial charge in [-0.25, -0.2) is 0 Å². The summed E-state index contributed by atoms with van der Waals surface area (Å²) in [6.07, 6.45) is 0.479. The lowest BCUT2D eigenvalue weighted by Crippen LogP contribution is -2.47. The maximum atomic E-state index is 12.0. The number of rotatable bonds is 10. The van der Waals surface area contributed by atoms with Crippen LogP contribution in [0.15, 0.2) is 29.8 Å². The number of aliphatic hydroxyl groups is 1. The smallest absolute Gasteiger partial charge is 0.317 e. The minimum atomic E-state index is -2.54. The van der Waals surface area contributed by atoms with E-state index in [9.17, 15) is 34.5 Å². The fourth-order valence-corrected chi connectivity index (χ4v) is 2.46. The van der Waals surface area contributed by atoms with Crippen LogP contribution in [0.3, 0.4) is 0 Å². The van der Waals surface area contributed by atoms with Crippen molar-refractivity contribution >= 4 is 24.5 Å². The summed E-state index contributed by atoms with van der Waals surface area (Å²) in [6, 6.07) is 4.03. The monoisotopic (exact) mass is 380 g/mol. The average Bonchev–Trinajstić information content (AvgIpc) is 2.59. The zero-order valence-electron chi connectivity index (χ0n) is 14.5. The summed E-state index contributed by atoms with van der Waals surface area (Å²) < 4.78 is 4.93. The highest BCUT2D eigenvalue weighted by Gasteiger charge is 2.46. The van der Waals surface area contributed by atoms with Gasteiger partial charge in [-0.2, -0.15) is 0 Å². The van der Waals surface area contributed by atoms with Crippen molar-refractivity contribution in [3.8, 4) is 11.5 Å². The molecule has 0 fully saturated rings. The van der Waals surface area contributed by atoms with Crippen LogP contribution in [0.4, 0.5) is 0 Å². The van der Waals surface area contributed by atoms with E-state index in [1.165, 1.54) is 25.1 Å². The Kier molecular flexibility index (Phi) is 7.67. The fourth-order valence-electron chi connectivity index (χ4n) is 2.46. The van der Waals surface area contributed by atoms with Crippen LogP contribution in [0.25, 0.3) is 0 Å². The molecule has 0 amide bonds. The van der Waals surface area contributed by atoms with Crippen LogP contribution in [-0.2, 0) is 30.3 Å². The maximum Gasteiger partial charge on any atom is 0.317 e. The Labute approximate surface area is 154 Å². The summed E-state index contributed by atoms with van der Waals surface area (Å²) in [6.45, 7) is 1.17. The first-order valence-corrected chi connectivity index (χ1v) is 7.88. The molecule has 9 nitrogen and oxygen atoms in total. The number of esters is 1. The van der Waals surface area contributed by atoms with Crippen LogP contribution in [-0.4, -0.2) is 57.1 Å². The van der Waals surface area contributed by atoms with E-state index in [0.29, 0.717) is 5.56 Å². The number of phenols is 2. The van der Waals surface area contributed by atoms with E-state index in [-0.39, 0.29) is 37.1 Å². The number of hydrogen-bond acceptors (Lipinski definition) is 8. The second-order valence-corrected chi connectivity index (χ2v) is 5.71. The molecule has 1 aromatic carbocycles. The van der Waals surface area contributed by atoms with Gasteiger partial charge in [0.25, 0.3) is 0 Å². The predicted octanol–water partition coefficient (Wildman–Crippen LogP) is 0.350. The van der Waals surface area contributed by atoms with E-state index in [4.69, 9.17) is 9.84 Å². The molecule has 2 atom stereocenters. The molecule has 0 aliphatic heterocycles. The Balaban J connectivity index is 2.84. The number of carboxylic acid groups (broad SMARTS) is 1. The summed E-state index contributed by atoms with van der Waals surface area (Å²) in [5, 5.41) is 38.3. The van der Waals surface area contributed by atoms with E-state index in [0.717, 1.165) is 6.08 Å². The van der Waals surface area contributed by atoms with Crippen LogP contribution >= 0.6 is 0 Å². The normalized spacial score (nSPS) is 14.7. The zero-order valence-corrected chi connectivity index (χ0v) is 14.5. The van der Waals surface area contributed by atoms with Crippen molar-refractivity contribution in [2.24, 2.45) is 5.92 Å². The summed E-state index contributed by atoms with van der Waals surface area (Å²) in [4.78, 5) is 45.5. The number of carboxylic acids is 1. The number of carbonyl (C=O) groups is 4. The van der Waals surface area contributed by atoms with Crippen molar-refractivity contribution < 1.29 is 44.3 Å². The minimum Gasteiger partial charge on any atom is -0.504 e. The van der Waals surface area contributed by atoms with Gasteiger partial charge in [0.1, 0.15) is 24.1 Å². The largest absolute Gasteiger partial charge is 0.504 e. The molecule has 0 aromatic heterocycles. The Morgan fingerprint density at radius 1 is 1.22 bits per heavy atom. The Bertz CT molecular complexity index is 753. The molecule has 1 aromatic rings. The molecule has 0 spiro atoms. The van der Waals surface area contributed by atoms with E-state index in [1.807, 2.05) is 0 Å². The average molecular weight is 380 g/mol. The summed E-state index contributed by atoms with van der Waals surface area (Å²) in [5.74, 6) is -5.39. The van der Waals surface area contributed by atoms with Gasteiger partial charge >= 0.3 is 11.9 Å². The third-order valence-electron chi connectivity index (χ3n) is 3.96. The quantitative estimate of drug-likeness (QED) is 0.148. The number of carbonyl (C=O) groups excluding carboxylic acids is 3. The van der Waals surface area contributed by atoms with Crippen LogP contribution in [0, 0.1) is 5.92 Å². The van der Waals surface area contributed by atoms with Crippen LogP contribution in [0.1, 0.15) is 18.9 Å². The minimum absolute atomic E-state index is 0.0537. The first-order valence-electron chi connectivity index (χ1n) is 7.88. The molecule has 9 heteroatoms. The topological polar surface area (TPSA) is 158 Å². The third-order valence-corrected chi connectivity index (χ3v) is 3.96. The van der Waals surface area contributed by atoms with E-state index < -0.39 is 35.5 Å². The number of ether oxygens (including phenoxy) is 1. The molecular weight excluding hydrogens is 360 g/mol. The van der Waals surface area contributed by atoms with Gasteiger partial charge in [0.05, 0.1) is 13.0 Å². The molecule has 146 valence electrons. The van der Waals surface area contributed by atoms with Crippen molar-refractivity contribution in [2.75, 3.05) is 6.61 Å². The standard InChI is InChI=1S/C18H20O9/c1-2-12(9-19)18(26,13(10-20)17(24)25)8-16(23)27-6-5-11-3-4-14(21)15(22)7-11/h2-4,7,9-10,13,21-22,26H,5-6,8H2,1H3,(H,24,25)/b12-2-/t13?,18-/m1/s1. The molecule has 1 rings (SSSR count). The van der Waals surface area contributed by atoms with Gasteiger partial charge in [-0.05, 0) is 24.6 Å². The van der Waals surface area contributed by atoms with Crippen LogP contribution in [0.5, 0.6) is 11.5 Å². The number of hydrogen-bond donors (Lipinski definition) is 4. The van der Waals surface area contributed by atoms with Gasteiger partial charge in [-0.3, -0.25) is 14.4 Å². The first kappa shape index (κ1) is 21.8. The highest BCUT2D eigenvalue weighted by atomic mass is 16.5. The van der Waals surface area contributed by atoms with Crippen molar-refractivity contribution in [2.45, 2.75) is 25.4 Å². The zero-order chi connectivity index (χ0) is 20.6. The summed E-state index contributed by atoms with van der Waals surface area (Å²) in [5.41, 5.74) is -2.42. The lowest BCUT2D eigenvalue weighted by atomic mass is 9.79. The third kappa shape index (κ3) is 5.38. The second kappa shape index (κ2) is 9.48. The highest BCUT2D eigenvalue weighted by molar-refractivity contribution is 5.93. The number of aldehydes is 2. The maximum absolute atomic E-state index is 12.0. The molecule has 0 heterocycles. The SMILES string of the molecule is C/C=C(/C=O)[C@](O)(CC(=O)OCCc1ccc(O)c(O)c1)C(C=O)C(=O)O. The molecule has 1 unspecified atom stereocenters. The predicted molar refractivity (Wildman–Crippen MR) is 91.0 cm³/mol. The highest BCUT2D eigenvalue weighted by Crippen LogP contribution is 2.29. The lowest BCUT2D eigenvalue weighted by molar-refractivity contribution is -0.157. The van der Waals surface area contributed by atoms with Crippen molar-refractivity contribution in [1.82, 2.24) is 0 Å². The molecule has 0 radical (unpaired) electrons. The molecule has 0 aliphatic rings. The number of phenolic OH excluding ortho intramolecular Hbond substituents is 2. The first-order chi connectivity index (χ1) is 12.7. The molecule has 0 saturated carbocycles. The van der Waals surface area contributed by atoms with E-state index in [2.05, 4.69) is 0 Å². The van der Waals surface area contributed by atoms with Gasteiger partial charge in [0.2, 0.25) is 0 Å². The van der Waals surface area contributed by atoms with Crippen LogP contribution in [0.2, 0.25) is 0 Å². The van der Waals surface area contributed by atoms with Crippen LogP contribution < -0.4 is 0 Å². The number of allylic oxidation sites excluding steroid dienone is 1. The molecule has 0 aliphatic carbocycles. The molecular formula is C18H20O9. The van der Waals surface area contributed by atoms with Gasteiger partial charge in [0.15, 0.2) is 11.5 Å². The summed E-state index contributed by atoms with van der Waals surface area (Å²) >= 11 is 0. The van der Waals surface area contributed by atoms with Crippen molar-refractivity contribution in [3.63, 3.8) is 0 Å². The van der Waals surface area contributed by atoms with Gasteiger partial charge in [0, 0.05) is 12.0 Å². The van der Waals surface area contributed by atoms with Gasteiger partial charge in [-0.1, -0.05) is 12.1 Å². The van der Waals surface area contributed by atoms with E-state index >= 15 is 0 Å². The number of benzene rings is 1. The summed E-state index contributed by atoms with van der Waals surface area (Å²) in [7, 11) is 0. The second-order valence-electron chi connectivity index (χ2n) is 5.71. The van der Waals surface area contributed by atoms with Gasteiger partial charge in [-0.15, -0.1) is 0 Å². The molecule has 27 heavy (non-hydrogen) atoms. The molecule has 0 saturated heterocycles. The van der Waals surface area contributed by atoms with Gasteiger partial charge < -0.3 is 30.0 Å². The molecule has 4 N–H and O–H groups in total. The van der Waals surface area contributed by atoms with Crippen molar-refractivity contribution in [1.29, 1.82) is 0 Å². The van der Waals surface area contributed by atoms with E-state index in [1.54, 1.807) is 0 Å². The van der Waals surface area contributed by atoms with Crippen molar-refractivity contribution in [3.05, 3.63) is 35.4 Å². The number of aromatic hydroxyl groups is 2. The lowest BCUT2D eigenvalue weighted by Gasteiger charge is -2.30. The Hall–Kier alpha value is -3.20. The fraction of sp³-hybridized carbons (Fsp3) is 0.333. The number of aliphatic carboxylic acids is 1. The molecule has 0 bridgehead atoms. The Morgan fingerprint density at radius 3 is 2.37 bits per heavy atom.